The highest BCUT2D eigenvalue weighted by Gasteiger charge is 2.22. The summed E-state index contributed by atoms with van der Waals surface area (Å²) in [5.41, 5.74) is 10.1. The number of carbonyl (C=O) groups excluding carboxylic acids is 2. The number of anilines is 1. The summed E-state index contributed by atoms with van der Waals surface area (Å²) >= 11 is 0. The maximum absolute atomic E-state index is 12.8. The van der Waals surface area contributed by atoms with Crippen LogP contribution in [0.25, 0.3) is 5.65 Å². The van der Waals surface area contributed by atoms with Gasteiger partial charge in [-0.1, -0.05) is 12.1 Å². The third-order valence-electron chi connectivity index (χ3n) is 5.94. The van der Waals surface area contributed by atoms with E-state index in [1.165, 1.54) is 5.56 Å². The van der Waals surface area contributed by atoms with Crippen molar-refractivity contribution in [2.45, 2.75) is 33.1 Å². The van der Waals surface area contributed by atoms with Crippen LogP contribution in [0.4, 0.5) is 5.69 Å². The third-order valence-corrected chi connectivity index (χ3v) is 5.94. The van der Waals surface area contributed by atoms with Crippen molar-refractivity contribution in [3.8, 4) is 0 Å². The Labute approximate surface area is 181 Å². The lowest BCUT2D eigenvalue weighted by Gasteiger charge is -2.30. The fourth-order valence-corrected chi connectivity index (χ4v) is 4.11. The molecule has 4 rings (SSSR count). The first-order valence-electron chi connectivity index (χ1n) is 10.6. The molecular formula is C23H28N6O2. The lowest BCUT2D eigenvalue weighted by molar-refractivity contribution is -0.123. The maximum Gasteiger partial charge on any atom is 0.261 e. The summed E-state index contributed by atoms with van der Waals surface area (Å²) in [5.74, 6) is -0.379. The number of hydrogen-bond acceptors (Lipinski definition) is 5. The van der Waals surface area contributed by atoms with Crippen LogP contribution >= 0.6 is 0 Å². The second-order valence-electron chi connectivity index (χ2n) is 8.25. The van der Waals surface area contributed by atoms with Gasteiger partial charge in [-0.2, -0.15) is 5.10 Å². The molecule has 0 spiro atoms. The van der Waals surface area contributed by atoms with Gasteiger partial charge in [-0.15, -0.1) is 0 Å². The summed E-state index contributed by atoms with van der Waals surface area (Å²) in [6.45, 7) is 6.61. The predicted octanol–water partition coefficient (Wildman–Crippen LogP) is 2.34. The lowest BCUT2D eigenvalue weighted by Crippen LogP contribution is -2.39. The molecule has 31 heavy (non-hydrogen) atoms. The van der Waals surface area contributed by atoms with Crippen LogP contribution in [0.2, 0.25) is 0 Å². The van der Waals surface area contributed by atoms with Crippen molar-refractivity contribution < 1.29 is 9.59 Å². The number of rotatable bonds is 6. The Hall–Kier alpha value is -3.26. The van der Waals surface area contributed by atoms with Crippen LogP contribution in [-0.4, -0.2) is 50.9 Å². The van der Waals surface area contributed by atoms with Gasteiger partial charge in [-0.05, 0) is 70.0 Å². The van der Waals surface area contributed by atoms with Crippen LogP contribution in [-0.2, 0) is 11.2 Å². The molecule has 0 aliphatic carbocycles. The molecule has 3 heterocycles. The second-order valence-corrected chi connectivity index (χ2v) is 8.25. The number of nitrogens with two attached hydrogens (primary N) is 1. The van der Waals surface area contributed by atoms with Gasteiger partial charge in [-0.25, -0.2) is 9.50 Å². The van der Waals surface area contributed by atoms with Gasteiger partial charge >= 0.3 is 0 Å². The Balaban J connectivity index is 1.34. The summed E-state index contributed by atoms with van der Waals surface area (Å²) in [7, 11) is 0. The average Bonchev–Trinajstić information content (AvgIpc) is 3.18. The van der Waals surface area contributed by atoms with Gasteiger partial charge in [0, 0.05) is 29.5 Å². The molecule has 1 fully saturated rings. The number of aromatic nitrogens is 3. The van der Waals surface area contributed by atoms with Gasteiger partial charge in [0.2, 0.25) is 5.91 Å². The number of carbonyl (C=O) groups is 2. The average molecular weight is 421 g/mol. The monoisotopic (exact) mass is 420 g/mol. The number of amides is 2. The first-order valence-corrected chi connectivity index (χ1v) is 10.6. The van der Waals surface area contributed by atoms with Gasteiger partial charge < -0.3 is 16.0 Å². The van der Waals surface area contributed by atoms with E-state index in [1.54, 1.807) is 10.7 Å². The third kappa shape index (κ3) is 4.74. The van der Waals surface area contributed by atoms with E-state index < -0.39 is 0 Å². The molecule has 162 valence electrons. The van der Waals surface area contributed by atoms with Crippen molar-refractivity contribution in [2.24, 2.45) is 11.7 Å². The molecule has 0 atom stereocenters. The normalized spacial score (nSPS) is 15.3. The van der Waals surface area contributed by atoms with Crippen LogP contribution in [0.15, 0.2) is 36.5 Å². The molecule has 2 aromatic heterocycles. The summed E-state index contributed by atoms with van der Waals surface area (Å²) in [6, 6.07) is 9.84. The number of likely N-dealkylation sites (tertiary alicyclic amines) is 1. The quantitative estimate of drug-likeness (QED) is 0.637. The Morgan fingerprint density at radius 1 is 1.16 bits per heavy atom. The number of benzene rings is 1. The molecule has 1 aliphatic rings. The van der Waals surface area contributed by atoms with Crippen LogP contribution in [0, 0.1) is 19.8 Å². The fourth-order valence-electron chi connectivity index (χ4n) is 4.11. The molecule has 0 bridgehead atoms. The predicted molar refractivity (Wildman–Crippen MR) is 119 cm³/mol. The van der Waals surface area contributed by atoms with Gasteiger partial charge in [0.25, 0.3) is 5.91 Å². The summed E-state index contributed by atoms with van der Waals surface area (Å²) in [6.07, 6.45) is 4.17. The first kappa shape index (κ1) is 21.0. The molecule has 2 amide bonds. The van der Waals surface area contributed by atoms with E-state index in [0.29, 0.717) is 11.2 Å². The SMILES string of the molecule is Cc1cc(C)n2ncc(C(=O)Nc3ccc(CCN4CCC(C(N)=O)CC4)cc3)c2n1. The van der Waals surface area contributed by atoms with Gasteiger partial charge in [0.05, 0.1) is 6.20 Å². The molecule has 0 radical (unpaired) electrons. The van der Waals surface area contributed by atoms with E-state index in [2.05, 4.69) is 20.3 Å². The smallest absolute Gasteiger partial charge is 0.261 e. The number of nitrogens with zero attached hydrogens (tertiary/aromatic N) is 4. The van der Waals surface area contributed by atoms with Crippen molar-refractivity contribution in [3.05, 3.63) is 59.0 Å². The minimum Gasteiger partial charge on any atom is -0.369 e. The van der Waals surface area contributed by atoms with Crippen molar-refractivity contribution in [2.75, 3.05) is 25.0 Å². The molecule has 3 aromatic rings. The molecule has 0 saturated carbocycles. The number of nitrogens with one attached hydrogen (secondary N) is 1. The molecule has 1 aromatic carbocycles. The number of fused-ring (bicyclic) bond motifs is 1. The number of hydrogen-bond donors (Lipinski definition) is 2. The molecule has 0 unspecified atom stereocenters. The van der Waals surface area contributed by atoms with Crippen LogP contribution in [0.1, 0.15) is 40.2 Å². The van der Waals surface area contributed by atoms with E-state index in [1.807, 2.05) is 44.2 Å². The zero-order chi connectivity index (χ0) is 22.0. The summed E-state index contributed by atoms with van der Waals surface area (Å²) in [4.78, 5) is 30.9. The highest BCUT2D eigenvalue weighted by atomic mass is 16.2. The lowest BCUT2D eigenvalue weighted by atomic mass is 9.96. The minimum atomic E-state index is -0.224. The zero-order valence-corrected chi connectivity index (χ0v) is 18.0. The molecule has 8 heteroatoms. The Morgan fingerprint density at radius 3 is 2.55 bits per heavy atom. The number of piperidine rings is 1. The van der Waals surface area contributed by atoms with Crippen LogP contribution in [0.3, 0.4) is 0 Å². The van der Waals surface area contributed by atoms with E-state index in [-0.39, 0.29) is 17.7 Å². The fraction of sp³-hybridized carbons (Fsp3) is 0.391. The van der Waals surface area contributed by atoms with E-state index in [9.17, 15) is 9.59 Å². The minimum absolute atomic E-state index is 0.0234. The van der Waals surface area contributed by atoms with Crippen molar-refractivity contribution >= 4 is 23.1 Å². The Kier molecular flexibility index (Phi) is 5.99. The summed E-state index contributed by atoms with van der Waals surface area (Å²) in [5, 5.41) is 7.22. The standard InChI is InChI=1S/C23H28N6O2/c1-15-13-16(2)29-22(26-15)20(14-25-29)23(31)27-19-5-3-17(4-6-19)7-10-28-11-8-18(9-12-28)21(24)30/h3-6,13-14,18H,7-12H2,1-2H3,(H2,24,30)(H,27,31). The number of aryl methyl sites for hydroxylation is 2. The molecule has 1 aliphatic heterocycles. The molecule has 8 nitrogen and oxygen atoms in total. The topological polar surface area (TPSA) is 106 Å². The van der Waals surface area contributed by atoms with E-state index in [0.717, 1.165) is 56.0 Å². The molecular weight excluding hydrogens is 392 g/mol. The largest absolute Gasteiger partial charge is 0.369 e. The Bertz CT molecular complexity index is 1100. The maximum atomic E-state index is 12.8. The van der Waals surface area contributed by atoms with Crippen LogP contribution < -0.4 is 11.1 Å². The van der Waals surface area contributed by atoms with Crippen molar-refractivity contribution in [3.63, 3.8) is 0 Å². The second kappa shape index (κ2) is 8.85. The Morgan fingerprint density at radius 2 is 1.87 bits per heavy atom. The summed E-state index contributed by atoms with van der Waals surface area (Å²) < 4.78 is 1.68. The molecule has 3 N–H and O–H groups in total. The number of primary amides is 1. The van der Waals surface area contributed by atoms with Gasteiger partial charge in [0.15, 0.2) is 5.65 Å². The van der Waals surface area contributed by atoms with Crippen molar-refractivity contribution in [1.29, 1.82) is 0 Å². The highest BCUT2D eigenvalue weighted by Crippen LogP contribution is 2.18. The first-order chi connectivity index (χ1) is 14.9. The van der Waals surface area contributed by atoms with Crippen LogP contribution in [0.5, 0.6) is 0 Å². The van der Waals surface area contributed by atoms with Gasteiger partial charge in [-0.3, -0.25) is 9.59 Å². The van der Waals surface area contributed by atoms with E-state index in [4.69, 9.17) is 5.73 Å². The highest BCUT2D eigenvalue weighted by molar-refractivity contribution is 6.08. The zero-order valence-electron chi connectivity index (χ0n) is 18.0. The van der Waals surface area contributed by atoms with E-state index >= 15 is 0 Å². The van der Waals surface area contributed by atoms with Gasteiger partial charge in [0.1, 0.15) is 5.56 Å². The van der Waals surface area contributed by atoms with Crippen molar-refractivity contribution in [1.82, 2.24) is 19.5 Å². The molecule has 1 saturated heterocycles.